The zero-order valence-corrected chi connectivity index (χ0v) is 12.4. The summed E-state index contributed by atoms with van der Waals surface area (Å²) in [7, 11) is -2.93. The van der Waals surface area contributed by atoms with Crippen LogP contribution in [0.5, 0.6) is 0 Å². The van der Waals surface area contributed by atoms with Gasteiger partial charge in [0.25, 0.3) is 0 Å². The predicted octanol–water partition coefficient (Wildman–Crippen LogP) is 2.23. The third kappa shape index (κ3) is 3.95. The first-order chi connectivity index (χ1) is 7.78. The highest BCUT2D eigenvalue weighted by Gasteiger charge is 2.34. The van der Waals surface area contributed by atoms with Crippen molar-refractivity contribution in [3.63, 3.8) is 0 Å². The zero-order valence-electron chi connectivity index (χ0n) is 11.6. The van der Waals surface area contributed by atoms with Crippen LogP contribution in [0.15, 0.2) is 0 Å². The van der Waals surface area contributed by atoms with E-state index in [-0.39, 0.29) is 0 Å². The second kappa shape index (κ2) is 5.70. The van der Waals surface area contributed by atoms with E-state index in [4.69, 9.17) is 0 Å². The molecular formula is C13H27NO2S. The Kier molecular flexibility index (Phi) is 5.02. The Hall–Kier alpha value is -0.0900. The highest BCUT2D eigenvalue weighted by atomic mass is 32.2. The number of hydrogen-bond acceptors (Lipinski definition) is 3. The van der Waals surface area contributed by atoms with E-state index >= 15 is 0 Å². The molecule has 17 heavy (non-hydrogen) atoms. The lowest BCUT2D eigenvalue weighted by atomic mass is 9.72. The van der Waals surface area contributed by atoms with Gasteiger partial charge in [-0.1, -0.05) is 6.92 Å². The Bertz CT molecular complexity index is 330. The third-order valence-corrected chi connectivity index (χ3v) is 6.56. The lowest BCUT2D eigenvalue weighted by Crippen LogP contribution is -2.38. The first kappa shape index (κ1) is 15.0. The summed E-state index contributed by atoms with van der Waals surface area (Å²) in [4.78, 5) is 0. The van der Waals surface area contributed by atoms with Gasteiger partial charge in [-0.2, -0.15) is 0 Å². The summed E-state index contributed by atoms with van der Waals surface area (Å²) in [5.41, 5.74) is 0. The molecule has 0 radical (unpaired) electrons. The topological polar surface area (TPSA) is 46.2 Å². The van der Waals surface area contributed by atoms with Crippen LogP contribution >= 0.6 is 0 Å². The smallest absolute Gasteiger partial charge is 0.155 e. The van der Waals surface area contributed by atoms with Gasteiger partial charge >= 0.3 is 0 Å². The van der Waals surface area contributed by atoms with Crippen molar-refractivity contribution in [3.05, 3.63) is 0 Å². The number of rotatable bonds is 6. The van der Waals surface area contributed by atoms with Gasteiger partial charge in [0.05, 0.1) is 10.5 Å². The van der Waals surface area contributed by atoms with Crippen molar-refractivity contribution in [3.8, 4) is 0 Å². The Morgan fingerprint density at radius 3 is 2.18 bits per heavy atom. The summed E-state index contributed by atoms with van der Waals surface area (Å²) >= 11 is 0. The van der Waals surface area contributed by atoms with E-state index < -0.39 is 14.6 Å². The van der Waals surface area contributed by atoms with Crippen molar-refractivity contribution < 1.29 is 8.42 Å². The molecule has 1 saturated carbocycles. The van der Waals surface area contributed by atoms with Gasteiger partial charge in [-0.25, -0.2) is 8.42 Å². The molecule has 1 aliphatic rings. The molecule has 1 aliphatic carbocycles. The van der Waals surface area contributed by atoms with Crippen molar-refractivity contribution in [1.82, 2.24) is 5.32 Å². The normalized spacial score (nSPS) is 25.6. The van der Waals surface area contributed by atoms with Crippen molar-refractivity contribution in [2.24, 2.45) is 11.8 Å². The molecule has 1 fully saturated rings. The lowest BCUT2D eigenvalue weighted by Gasteiger charge is -2.37. The fourth-order valence-electron chi connectivity index (χ4n) is 2.23. The van der Waals surface area contributed by atoms with Crippen LogP contribution in [0, 0.1) is 11.8 Å². The molecule has 1 N–H and O–H groups in total. The number of hydrogen-bond donors (Lipinski definition) is 1. The van der Waals surface area contributed by atoms with Crippen molar-refractivity contribution in [2.45, 2.75) is 51.7 Å². The predicted molar refractivity (Wildman–Crippen MR) is 72.9 cm³/mol. The Morgan fingerprint density at radius 2 is 1.76 bits per heavy atom. The van der Waals surface area contributed by atoms with Crippen LogP contribution in [-0.4, -0.2) is 32.0 Å². The maximum absolute atomic E-state index is 12.0. The van der Waals surface area contributed by atoms with Gasteiger partial charge in [-0.15, -0.1) is 0 Å². The average Bonchev–Trinajstić information content (AvgIpc) is 2.14. The van der Waals surface area contributed by atoms with E-state index in [1.807, 2.05) is 0 Å². The summed E-state index contributed by atoms with van der Waals surface area (Å²) in [5.74, 6) is 1.67. The van der Waals surface area contributed by atoms with E-state index in [0.717, 1.165) is 19.5 Å². The van der Waals surface area contributed by atoms with Crippen molar-refractivity contribution in [2.75, 3.05) is 18.8 Å². The molecule has 3 nitrogen and oxygen atoms in total. The molecule has 0 aromatic heterocycles. The fourth-order valence-corrected chi connectivity index (χ4v) is 3.45. The minimum Gasteiger partial charge on any atom is -0.317 e. The van der Waals surface area contributed by atoms with Crippen LogP contribution < -0.4 is 5.32 Å². The van der Waals surface area contributed by atoms with Gasteiger partial charge in [-0.3, -0.25) is 0 Å². The standard InChI is InChI=1S/C13H27NO2S/c1-5-14-10-12-7-6-11(12)8-9-17(15,16)13(2,3)4/h11-12,14H,5-10H2,1-4H3. The molecule has 102 valence electrons. The molecule has 0 amide bonds. The van der Waals surface area contributed by atoms with Crippen LogP contribution in [0.3, 0.4) is 0 Å². The maximum atomic E-state index is 12.0. The summed E-state index contributed by atoms with van der Waals surface area (Å²) in [6.45, 7) is 9.54. The lowest BCUT2D eigenvalue weighted by molar-refractivity contribution is 0.167. The van der Waals surface area contributed by atoms with E-state index in [0.29, 0.717) is 17.6 Å². The van der Waals surface area contributed by atoms with Crippen LogP contribution in [0.4, 0.5) is 0 Å². The molecule has 4 heteroatoms. The molecule has 0 aromatic rings. The van der Waals surface area contributed by atoms with Gasteiger partial charge in [0.15, 0.2) is 9.84 Å². The molecule has 0 aromatic carbocycles. The SMILES string of the molecule is CCNCC1CCC1CCS(=O)(=O)C(C)(C)C. The Labute approximate surface area is 106 Å². The first-order valence-electron chi connectivity index (χ1n) is 6.71. The van der Waals surface area contributed by atoms with E-state index in [1.54, 1.807) is 20.8 Å². The van der Waals surface area contributed by atoms with E-state index in [9.17, 15) is 8.42 Å². The van der Waals surface area contributed by atoms with Crippen LogP contribution in [0.25, 0.3) is 0 Å². The van der Waals surface area contributed by atoms with Gasteiger partial charge in [0, 0.05) is 0 Å². The minimum atomic E-state index is -2.93. The quantitative estimate of drug-likeness (QED) is 0.797. The molecule has 0 aliphatic heterocycles. The Balaban J connectivity index is 2.37. The summed E-state index contributed by atoms with van der Waals surface area (Å²) < 4.78 is 23.4. The summed E-state index contributed by atoms with van der Waals surface area (Å²) in [6.07, 6.45) is 3.30. The molecule has 0 bridgehead atoms. The molecule has 0 heterocycles. The molecule has 2 atom stereocenters. The van der Waals surface area contributed by atoms with Gasteiger partial charge in [-0.05, 0) is 65.0 Å². The fraction of sp³-hybridized carbons (Fsp3) is 1.00. The van der Waals surface area contributed by atoms with Crippen LogP contribution in [-0.2, 0) is 9.84 Å². The highest BCUT2D eigenvalue weighted by molar-refractivity contribution is 7.92. The van der Waals surface area contributed by atoms with Crippen molar-refractivity contribution >= 4 is 9.84 Å². The average molecular weight is 261 g/mol. The Morgan fingerprint density at radius 1 is 1.18 bits per heavy atom. The maximum Gasteiger partial charge on any atom is 0.155 e. The second-order valence-corrected chi connectivity index (χ2v) is 8.99. The number of sulfone groups is 1. The molecular weight excluding hydrogens is 234 g/mol. The van der Waals surface area contributed by atoms with Gasteiger partial charge in [0.2, 0.25) is 0 Å². The third-order valence-electron chi connectivity index (χ3n) is 3.92. The summed E-state index contributed by atoms with van der Waals surface area (Å²) in [6, 6.07) is 0. The minimum absolute atomic E-state index is 0.351. The zero-order chi connectivity index (χ0) is 13.1. The molecule has 1 rings (SSSR count). The van der Waals surface area contributed by atoms with E-state index in [2.05, 4.69) is 12.2 Å². The van der Waals surface area contributed by atoms with Crippen LogP contribution in [0.1, 0.15) is 47.0 Å². The molecule has 2 unspecified atom stereocenters. The first-order valence-corrected chi connectivity index (χ1v) is 8.36. The van der Waals surface area contributed by atoms with Crippen molar-refractivity contribution in [1.29, 1.82) is 0 Å². The second-order valence-electron chi connectivity index (χ2n) is 6.13. The van der Waals surface area contributed by atoms with E-state index in [1.165, 1.54) is 12.8 Å². The molecule has 0 spiro atoms. The number of nitrogens with one attached hydrogen (secondary N) is 1. The van der Waals surface area contributed by atoms with Crippen LogP contribution in [0.2, 0.25) is 0 Å². The monoisotopic (exact) mass is 261 g/mol. The van der Waals surface area contributed by atoms with Gasteiger partial charge < -0.3 is 5.32 Å². The largest absolute Gasteiger partial charge is 0.317 e. The summed E-state index contributed by atoms with van der Waals surface area (Å²) in [5, 5.41) is 3.36. The molecule has 0 saturated heterocycles. The van der Waals surface area contributed by atoms with Gasteiger partial charge in [0.1, 0.15) is 0 Å². The highest BCUT2D eigenvalue weighted by Crippen LogP contribution is 2.37.